The lowest BCUT2D eigenvalue weighted by atomic mass is 9.73. The summed E-state index contributed by atoms with van der Waals surface area (Å²) in [5.74, 6) is -1.11. The molecule has 128 valence electrons. The number of aliphatic hydroxyl groups excluding tert-OH is 1. The Bertz CT molecular complexity index is 886. The van der Waals surface area contributed by atoms with E-state index in [1.165, 1.54) is 12.1 Å². The first-order valence-electron chi connectivity index (χ1n) is 8.50. The van der Waals surface area contributed by atoms with Gasteiger partial charge in [0.25, 0.3) is 0 Å². The van der Waals surface area contributed by atoms with E-state index < -0.39 is 11.3 Å². The maximum absolute atomic E-state index is 13.3. The summed E-state index contributed by atoms with van der Waals surface area (Å²) in [5.41, 5.74) is 0.910. The Labute approximate surface area is 144 Å². The molecule has 1 saturated carbocycles. The number of hydrogen-bond donors (Lipinski definition) is 1. The van der Waals surface area contributed by atoms with Gasteiger partial charge >= 0.3 is 0 Å². The fourth-order valence-electron chi connectivity index (χ4n) is 4.22. The number of ketones is 2. The molecule has 0 radical (unpaired) electrons. The Balaban J connectivity index is 1.98. The largest absolute Gasteiger partial charge is 0.515 e. The summed E-state index contributed by atoms with van der Waals surface area (Å²) in [7, 11) is 0. The number of fused-ring (bicyclic) bond motifs is 2. The SMILES string of the molecule is O=C1C(=CO)C(=O)C2(CCCCC2)n2c1ccc2-c1ccc(F)cc1. The van der Waals surface area contributed by atoms with E-state index in [1.54, 1.807) is 24.3 Å². The van der Waals surface area contributed by atoms with Gasteiger partial charge in [0.15, 0.2) is 5.78 Å². The molecule has 1 aromatic heterocycles. The van der Waals surface area contributed by atoms with Crippen molar-refractivity contribution in [3.63, 3.8) is 0 Å². The maximum Gasteiger partial charge on any atom is 0.216 e. The molecule has 0 bridgehead atoms. The van der Waals surface area contributed by atoms with E-state index in [2.05, 4.69) is 0 Å². The van der Waals surface area contributed by atoms with Gasteiger partial charge in [-0.1, -0.05) is 19.3 Å². The summed E-state index contributed by atoms with van der Waals surface area (Å²) in [5, 5.41) is 9.47. The van der Waals surface area contributed by atoms with Crippen molar-refractivity contribution in [2.24, 2.45) is 0 Å². The lowest BCUT2D eigenvalue weighted by Crippen LogP contribution is -2.50. The third kappa shape index (κ3) is 2.18. The van der Waals surface area contributed by atoms with Gasteiger partial charge in [0, 0.05) is 5.69 Å². The number of allylic oxidation sites excluding steroid dienone is 1. The summed E-state index contributed by atoms with van der Waals surface area (Å²) < 4.78 is 15.1. The highest BCUT2D eigenvalue weighted by molar-refractivity contribution is 6.30. The second-order valence-electron chi connectivity index (χ2n) is 6.74. The van der Waals surface area contributed by atoms with Crippen LogP contribution in [0.2, 0.25) is 0 Å². The van der Waals surface area contributed by atoms with Gasteiger partial charge in [-0.2, -0.15) is 0 Å². The van der Waals surface area contributed by atoms with Crippen molar-refractivity contribution in [1.82, 2.24) is 4.57 Å². The molecule has 0 atom stereocenters. The van der Waals surface area contributed by atoms with Gasteiger partial charge < -0.3 is 9.67 Å². The molecule has 25 heavy (non-hydrogen) atoms. The Morgan fingerprint density at radius 3 is 2.24 bits per heavy atom. The third-order valence-corrected chi connectivity index (χ3v) is 5.40. The van der Waals surface area contributed by atoms with Crippen molar-refractivity contribution < 1.29 is 19.1 Å². The number of aliphatic hydroxyl groups is 1. The average molecular weight is 339 g/mol. The molecule has 4 nitrogen and oxygen atoms in total. The van der Waals surface area contributed by atoms with Crippen LogP contribution in [0.25, 0.3) is 11.3 Å². The Morgan fingerprint density at radius 2 is 1.60 bits per heavy atom. The monoisotopic (exact) mass is 339 g/mol. The topological polar surface area (TPSA) is 59.3 Å². The number of rotatable bonds is 1. The first-order valence-corrected chi connectivity index (χ1v) is 8.50. The maximum atomic E-state index is 13.3. The Kier molecular flexibility index (Phi) is 3.60. The normalized spacial score (nSPS) is 20.9. The molecule has 1 fully saturated rings. The molecule has 0 unspecified atom stereocenters. The van der Waals surface area contributed by atoms with Crippen molar-refractivity contribution in [3.8, 4) is 11.3 Å². The smallest absolute Gasteiger partial charge is 0.216 e. The van der Waals surface area contributed by atoms with Gasteiger partial charge in [0.1, 0.15) is 16.9 Å². The standard InChI is InChI=1S/C20H18FNO3/c21-14-6-4-13(5-7-14)16-8-9-17-18(24)15(12-23)19(25)20(22(16)17)10-2-1-3-11-20/h4-9,12,23H,1-3,10-11H2. The summed E-state index contributed by atoms with van der Waals surface area (Å²) in [6.45, 7) is 0. The first kappa shape index (κ1) is 15.8. The van der Waals surface area contributed by atoms with Crippen LogP contribution in [0.15, 0.2) is 48.2 Å². The number of benzene rings is 1. The summed E-state index contributed by atoms with van der Waals surface area (Å²) in [6, 6.07) is 9.53. The van der Waals surface area contributed by atoms with Gasteiger partial charge in [-0.05, 0) is 54.8 Å². The van der Waals surface area contributed by atoms with Crippen LogP contribution in [-0.2, 0) is 10.3 Å². The predicted octanol–water partition coefficient (Wildman–Crippen LogP) is 4.16. The minimum absolute atomic E-state index is 0.141. The zero-order chi connectivity index (χ0) is 17.6. The first-order chi connectivity index (χ1) is 12.1. The number of carbonyl (C=O) groups excluding carboxylic acids is 2. The molecule has 2 heterocycles. The van der Waals surface area contributed by atoms with E-state index in [0.717, 1.165) is 30.5 Å². The number of Topliss-reactive ketones (excluding diaryl/α,β-unsaturated/α-hetero) is 2. The van der Waals surface area contributed by atoms with Crippen LogP contribution < -0.4 is 0 Å². The number of halogens is 1. The highest BCUT2D eigenvalue weighted by Crippen LogP contribution is 2.45. The third-order valence-electron chi connectivity index (χ3n) is 5.40. The van der Waals surface area contributed by atoms with E-state index in [9.17, 15) is 19.1 Å². The Hall–Kier alpha value is -2.69. The van der Waals surface area contributed by atoms with Gasteiger partial charge in [-0.3, -0.25) is 9.59 Å². The van der Waals surface area contributed by atoms with Crippen molar-refractivity contribution >= 4 is 11.6 Å². The molecule has 2 aromatic rings. The van der Waals surface area contributed by atoms with Crippen molar-refractivity contribution in [2.45, 2.75) is 37.6 Å². The van der Waals surface area contributed by atoms with E-state index in [0.29, 0.717) is 24.8 Å². The van der Waals surface area contributed by atoms with Crippen LogP contribution in [0.4, 0.5) is 4.39 Å². The summed E-state index contributed by atoms with van der Waals surface area (Å²) in [6.07, 6.45) is 4.73. The minimum Gasteiger partial charge on any atom is -0.515 e. The molecule has 5 heteroatoms. The van der Waals surface area contributed by atoms with Crippen LogP contribution in [0.1, 0.15) is 42.6 Å². The molecule has 1 aromatic carbocycles. The lowest BCUT2D eigenvalue weighted by molar-refractivity contribution is -0.125. The zero-order valence-electron chi connectivity index (χ0n) is 13.7. The molecule has 1 spiro atoms. The molecule has 1 aliphatic heterocycles. The van der Waals surface area contributed by atoms with Crippen molar-refractivity contribution in [3.05, 3.63) is 59.7 Å². The van der Waals surface area contributed by atoms with Crippen LogP contribution >= 0.6 is 0 Å². The second kappa shape index (κ2) is 5.69. The van der Waals surface area contributed by atoms with Gasteiger partial charge in [0.05, 0.1) is 12.0 Å². The van der Waals surface area contributed by atoms with E-state index >= 15 is 0 Å². The molecule has 0 amide bonds. The highest BCUT2D eigenvalue weighted by Gasteiger charge is 2.50. The van der Waals surface area contributed by atoms with Gasteiger partial charge in [0.2, 0.25) is 5.78 Å². The Morgan fingerprint density at radius 1 is 0.960 bits per heavy atom. The predicted molar refractivity (Wildman–Crippen MR) is 90.9 cm³/mol. The molecule has 2 aliphatic rings. The molecular formula is C20H18FNO3. The van der Waals surface area contributed by atoms with Crippen LogP contribution in [0.3, 0.4) is 0 Å². The van der Waals surface area contributed by atoms with E-state index in [1.807, 2.05) is 4.57 Å². The van der Waals surface area contributed by atoms with Crippen LogP contribution in [0, 0.1) is 5.82 Å². The summed E-state index contributed by atoms with van der Waals surface area (Å²) in [4.78, 5) is 25.8. The van der Waals surface area contributed by atoms with E-state index in [-0.39, 0.29) is 17.2 Å². The molecule has 4 rings (SSSR count). The fraction of sp³-hybridized carbons (Fsp3) is 0.300. The van der Waals surface area contributed by atoms with Gasteiger partial charge in [-0.25, -0.2) is 4.39 Å². The molecule has 1 N–H and O–H groups in total. The summed E-state index contributed by atoms with van der Waals surface area (Å²) >= 11 is 0. The van der Waals surface area contributed by atoms with Crippen molar-refractivity contribution in [1.29, 1.82) is 0 Å². The zero-order valence-corrected chi connectivity index (χ0v) is 13.7. The number of hydrogen-bond acceptors (Lipinski definition) is 3. The molecule has 1 aliphatic carbocycles. The highest BCUT2D eigenvalue weighted by atomic mass is 19.1. The minimum atomic E-state index is -0.844. The molecular weight excluding hydrogens is 321 g/mol. The molecule has 0 saturated heterocycles. The van der Waals surface area contributed by atoms with Crippen molar-refractivity contribution in [2.75, 3.05) is 0 Å². The van der Waals surface area contributed by atoms with Gasteiger partial charge in [-0.15, -0.1) is 0 Å². The van der Waals surface area contributed by atoms with Crippen LogP contribution in [-0.4, -0.2) is 21.2 Å². The number of aromatic nitrogens is 1. The van der Waals surface area contributed by atoms with E-state index in [4.69, 9.17) is 0 Å². The quantitative estimate of drug-likeness (QED) is 0.482. The number of carbonyl (C=O) groups is 2. The lowest BCUT2D eigenvalue weighted by Gasteiger charge is -2.42. The second-order valence-corrected chi connectivity index (χ2v) is 6.74. The average Bonchev–Trinajstić information content (AvgIpc) is 3.08. The fourth-order valence-corrected chi connectivity index (χ4v) is 4.22. The number of nitrogens with zero attached hydrogens (tertiary/aromatic N) is 1. The van der Waals surface area contributed by atoms with Crippen LogP contribution in [0.5, 0.6) is 0 Å².